The van der Waals surface area contributed by atoms with Gasteiger partial charge in [-0.3, -0.25) is 9.59 Å². The van der Waals surface area contributed by atoms with E-state index in [9.17, 15) is 9.59 Å². The number of rotatable bonds is 3. The molecule has 0 aromatic heterocycles. The number of hydrogen-bond acceptors (Lipinski definition) is 2. The van der Waals surface area contributed by atoms with Crippen LogP contribution in [-0.4, -0.2) is 18.4 Å². The second-order valence-corrected chi connectivity index (χ2v) is 7.51. The number of benzene rings is 2. The van der Waals surface area contributed by atoms with Crippen molar-refractivity contribution in [3.8, 4) is 0 Å². The summed E-state index contributed by atoms with van der Waals surface area (Å²) in [6.07, 6.45) is 6.30. The molecule has 0 radical (unpaired) electrons. The number of amides is 2. The van der Waals surface area contributed by atoms with E-state index >= 15 is 0 Å². The van der Waals surface area contributed by atoms with E-state index in [0.29, 0.717) is 6.54 Å². The van der Waals surface area contributed by atoms with Gasteiger partial charge in [0.05, 0.1) is 6.04 Å². The second kappa shape index (κ2) is 7.55. The minimum atomic E-state index is -0.517. The van der Waals surface area contributed by atoms with Crippen molar-refractivity contribution in [3.63, 3.8) is 0 Å². The topological polar surface area (TPSA) is 49.4 Å². The lowest BCUT2D eigenvalue weighted by atomic mass is 9.89. The minimum absolute atomic E-state index is 0.133. The molecule has 1 atom stereocenters. The molecular formula is C23H26N2O2. The van der Waals surface area contributed by atoms with Crippen LogP contribution in [-0.2, 0) is 28.9 Å². The molecule has 2 aromatic rings. The summed E-state index contributed by atoms with van der Waals surface area (Å²) in [6.45, 7) is 2.61. The summed E-state index contributed by atoms with van der Waals surface area (Å²) in [5.41, 5.74) is 5.91. The van der Waals surface area contributed by atoms with Gasteiger partial charge in [-0.1, -0.05) is 43.3 Å². The molecular weight excluding hydrogens is 336 g/mol. The molecule has 2 amide bonds. The van der Waals surface area contributed by atoms with Crippen LogP contribution >= 0.6 is 0 Å². The highest BCUT2D eigenvalue weighted by Gasteiger charge is 2.30. The fourth-order valence-corrected chi connectivity index (χ4v) is 4.28. The molecule has 0 fully saturated rings. The molecule has 4 heteroatoms. The number of carbonyl (C=O) groups excluding carboxylic acids is 2. The molecule has 0 saturated carbocycles. The molecule has 4 rings (SSSR count). The quantitative estimate of drug-likeness (QED) is 0.846. The fourth-order valence-electron chi connectivity index (χ4n) is 4.28. The summed E-state index contributed by atoms with van der Waals surface area (Å²) >= 11 is 0. The number of fused-ring (bicyclic) bond motifs is 2. The highest BCUT2D eigenvalue weighted by atomic mass is 16.2. The van der Waals surface area contributed by atoms with Crippen LogP contribution in [0.5, 0.6) is 0 Å². The molecule has 1 aliphatic heterocycles. The monoisotopic (exact) mass is 362 g/mol. The summed E-state index contributed by atoms with van der Waals surface area (Å²) in [5, 5.41) is 2.97. The standard InChI is InChI=1S/C23H26N2O2/c1-2-20(19-12-11-16-7-3-4-9-18(16)15-19)24-22(26)23(27)25-14-13-17-8-5-6-10-21(17)25/h5-6,8,10-12,15,20H,2-4,7,9,13-14H2,1H3,(H,24,26). The van der Waals surface area contributed by atoms with Crippen molar-refractivity contribution < 1.29 is 9.59 Å². The van der Waals surface area contributed by atoms with E-state index in [4.69, 9.17) is 0 Å². The molecule has 0 spiro atoms. The predicted molar refractivity (Wildman–Crippen MR) is 107 cm³/mol. The molecule has 0 saturated heterocycles. The van der Waals surface area contributed by atoms with E-state index in [2.05, 4.69) is 23.5 Å². The van der Waals surface area contributed by atoms with E-state index in [1.807, 2.05) is 31.2 Å². The van der Waals surface area contributed by atoms with Crippen LogP contribution in [0.15, 0.2) is 42.5 Å². The van der Waals surface area contributed by atoms with Gasteiger partial charge < -0.3 is 10.2 Å². The SMILES string of the molecule is CCC(NC(=O)C(=O)N1CCc2ccccc21)c1ccc2c(c1)CCCC2. The second-order valence-electron chi connectivity index (χ2n) is 7.51. The van der Waals surface area contributed by atoms with Gasteiger partial charge in [0.2, 0.25) is 0 Å². The first-order valence-electron chi connectivity index (χ1n) is 9.99. The number of nitrogens with zero attached hydrogens (tertiary/aromatic N) is 1. The third-order valence-electron chi connectivity index (χ3n) is 5.82. The maximum absolute atomic E-state index is 12.7. The molecule has 1 heterocycles. The van der Waals surface area contributed by atoms with Crippen LogP contribution in [0.25, 0.3) is 0 Å². The van der Waals surface area contributed by atoms with Gasteiger partial charge in [0.15, 0.2) is 0 Å². The molecule has 1 unspecified atom stereocenters. The Bertz CT molecular complexity index is 874. The van der Waals surface area contributed by atoms with Gasteiger partial charge in [0.25, 0.3) is 0 Å². The van der Waals surface area contributed by atoms with Gasteiger partial charge in [-0.15, -0.1) is 0 Å². The first kappa shape index (κ1) is 17.8. The zero-order valence-corrected chi connectivity index (χ0v) is 15.8. The van der Waals surface area contributed by atoms with Crippen molar-refractivity contribution in [1.82, 2.24) is 5.32 Å². The van der Waals surface area contributed by atoms with Crippen molar-refractivity contribution in [2.45, 2.75) is 51.5 Å². The molecule has 0 bridgehead atoms. The lowest BCUT2D eigenvalue weighted by Gasteiger charge is -2.23. The molecule has 1 N–H and O–H groups in total. The van der Waals surface area contributed by atoms with Crippen molar-refractivity contribution in [3.05, 3.63) is 64.7 Å². The third-order valence-corrected chi connectivity index (χ3v) is 5.82. The molecule has 1 aliphatic carbocycles. The Balaban J connectivity index is 1.49. The Labute approximate surface area is 160 Å². The predicted octanol–water partition coefficient (Wildman–Crippen LogP) is 3.72. The van der Waals surface area contributed by atoms with Gasteiger partial charge in [-0.25, -0.2) is 0 Å². The third kappa shape index (κ3) is 3.48. The van der Waals surface area contributed by atoms with Crippen LogP contribution in [0, 0.1) is 0 Å². The molecule has 2 aliphatic rings. The van der Waals surface area contributed by atoms with E-state index in [-0.39, 0.29) is 6.04 Å². The Morgan fingerprint density at radius 1 is 1.00 bits per heavy atom. The average Bonchev–Trinajstić information content (AvgIpc) is 3.15. The minimum Gasteiger partial charge on any atom is -0.341 e. The lowest BCUT2D eigenvalue weighted by molar-refractivity contribution is -0.138. The molecule has 2 aromatic carbocycles. The first-order chi connectivity index (χ1) is 13.2. The maximum atomic E-state index is 12.7. The van der Waals surface area contributed by atoms with Gasteiger partial charge in [-0.05, 0) is 66.8 Å². The van der Waals surface area contributed by atoms with Crippen molar-refractivity contribution >= 4 is 17.5 Å². The van der Waals surface area contributed by atoms with Crippen molar-refractivity contribution in [2.24, 2.45) is 0 Å². The van der Waals surface area contributed by atoms with E-state index in [0.717, 1.165) is 42.5 Å². The summed E-state index contributed by atoms with van der Waals surface area (Å²) in [5.74, 6) is -0.979. The zero-order chi connectivity index (χ0) is 18.8. The summed E-state index contributed by atoms with van der Waals surface area (Å²) < 4.78 is 0. The normalized spacial score (nSPS) is 16.4. The van der Waals surface area contributed by atoms with Gasteiger partial charge in [-0.2, -0.15) is 0 Å². The fraction of sp³-hybridized carbons (Fsp3) is 0.391. The lowest BCUT2D eigenvalue weighted by Crippen LogP contribution is -2.43. The Hall–Kier alpha value is -2.62. The van der Waals surface area contributed by atoms with E-state index < -0.39 is 11.8 Å². The highest BCUT2D eigenvalue weighted by Crippen LogP contribution is 2.28. The van der Waals surface area contributed by atoms with Crippen LogP contribution < -0.4 is 10.2 Å². The number of aryl methyl sites for hydroxylation is 2. The summed E-state index contributed by atoms with van der Waals surface area (Å²) in [4.78, 5) is 27.0. The zero-order valence-electron chi connectivity index (χ0n) is 15.8. The van der Waals surface area contributed by atoms with E-state index in [1.54, 1.807) is 4.90 Å². The number of para-hydroxylation sites is 1. The summed E-state index contributed by atoms with van der Waals surface area (Å²) in [7, 11) is 0. The largest absolute Gasteiger partial charge is 0.341 e. The van der Waals surface area contributed by atoms with Gasteiger partial charge >= 0.3 is 11.8 Å². The smallest absolute Gasteiger partial charge is 0.316 e. The molecule has 140 valence electrons. The Kier molecular flexibility index (Phi) is 4.97. The summed E-state index contributed by atoms with van der Waals surface area (Å²) in [6, 6.07) is 14.2. The van der Waals surface area contributed by atoms with Gasteiger partial charge in [0, 0.05) is 12.2 Å². The average molecular weight is 362 g/mol. The number of anilines is 1. The number of hydrogen-bond donors (Lipinski definition) is 1. The van der Waals surface area contributed by atoms with Crippen LogP contribution in [0.2, 0.25) is 0 Å². The van der Waals surface area contributed by atoms with Crippen LogP contribution in [0.1, 0.15) is 54.5 Å². The van der Waals surface area contributed by atoms with Crippen LogP contribution in [0.3, 0.4) is 0 Å². The number of carbonyl (C=O) groups is 2. The first-order valence-corrected chi connectivity index (χ1v) is 9.99. The van der Waals surface area contributed by atoms with Crippen LogP contribution in [0.4, 0.5) is 5.69 Å². The number of nitrogens with one attached hydrogen (secondary N) is 1. The molecule has 4 nitrogen and oxygen atoms in total. The Morgan fingerprint density at radius 3 is 2.59 bits per heavy atom. The maximum Gasteiger partial charge on any atom is 0.316 e. The highest BCUT2D eigenvalue weighted by molar-refractivity contribution is 6.40. The molecule has 27 heavy (non-hydrogen) atoms. The van der Waals surface area contributed by atoms with Gasteiger partial charge in [0.1, 0.15) is 0 Å². The Morgan fingerprint density at radius 2 is 1.78 bits per heavy atom. The van der Waals surface area contributed by atoms with Crippen molar-refractivity contribution in [1.29, 1.82) is 0 Å². The van der Waals surface area contributed by atoms with Crippen molar-refractivity contribution in [2.75, 3.05) is 11.4 Å². The van der Waals surface area contributed by atoms with E-state index in [1.165, 1.54) is 24.0 Å².